The van der Waals surface area contributed by atoms with E-state index in [2.05, 4.69) is 15.0 Å². The van der Waals surface area contributed by atoms with Gasteiger partial charge in [0.2, 0.25) is 10.0 Å². The molecule has 0 amide bonds. The van der Waals surface area contributed by atoms with E-state index in [-0.39, 0.29) is 17.4 Å². The van der Waals surface area contributed by atoms with Gasteiger partial charge in [0, 0.05) is 30.3 Å². The van der Waals surface area contributed by atoms with Gasteiger partial charge in [-0.05, 0) is 30.7 Å². The van der Waals surface area contributed by atoms with E-state index in [0.29, 0.717) is 18.2 Å². The van der Waals surface area contributed by atoms with Crippen molar-refractivity contribution in [3.63, 3.8) is 0 Å². The van der Waals surface area contributed by atoms with Crippen LogP contribution in [0.5, 0.6) is 0 Å². The van der Waals surface area contributed by atoms with Crippen molar-refractivity contribution in [3.05, 3.63) is 41.2 Å². The van der Waals surface area contributed by atoms with Gasteiger partial charge in [-0.25, -0.2) is 13.1 Å². The molecule has 1 aliphatic heterocycles. The molecule has 0 unspecified atom stereocenters. The van der Waals surface area contributed by atoms with E-state index in [1.54, 1.807) is 16.8 Å². The van der Waals surface area contributed by atoms with Crippen LogP contribution in [-0.2, 0) is 21.3 Å². The number of benzene rings is 1. The predicted molar refractivity (Wildman–Crippen MR) is 84.8 cm³/mol. The fourth-order valence-corrected chi connectivity index (χ4v) is 3.52. The van der Waals surface area contributed by atoms with E-state index in [0.717, 1.165) is 18.7 Å². The monoisotopic (exact) mass is 356 g/mol. The second kappa shape index (κ2) is 6.96. The lowest BCUT2D eigenvalue weighted by atomic mass is 10.1. The maximum atomic E-state index is 12.1. The van der Waals surface area contributed by atoms with Crippen LogP contribution in [0.2, 0.25) is 5.02 Å². The van der Waals surface area contributed by atoms with Crippen molar-refractivity contribution in [2.45, 2.75) is 23.8 Å². The molecule has 0 bridgehead atoms. The molecular weight excluding hydrogens is 340 g/mol. The highest BCUT2D eigenvalue weighted by atomic mass is 35.5. The third-order valence-electron chi connectivity index (χ3n) is 3.66. The average Bonchev–Trinajstić information content (AvgIpc) is 3.18. The molecule has 1 atom stereocenters. The van der Waals surface area contributed by atoms with Gasteiger partial charge in [0.1, 0.15) is 0 Å². The van der Waals surface area contributed by atoms with Gasteiger partial charge in [0.15, 0.2) is 0 Å². The Kier molecular flexibility index (Phi) is 4.96. The quantitative estimate of drug-likeness (QED) is 0.845. The fourth-order valence-electron chi connectivity index (χ4n) is 2.37. The Morgan fingerprint density at radius 2 is 2.13 bits per heavy atom. The Balaban J connectivity index is 1.55. The molecule has 1 aliphatic rings. The Labute approximate surface area is 139 Å². The summed E-state index contributed by atoms with van der Waals surface area (Å²) in [7, 11) is -3.55. The van der Waals surface area contributed by atoms with Gasteiger partial charge in [-0.3, -0.25) is 4.68 Å². The molecule has 0 saturated carbocycles. The number of halogens is 1. The first kappa shape index (κ1) is 16.4. The van der Waals surface area contributed by atoms with E-state index < -0.39 is 10.0 Å². The zero-order chi connectivity index (χ0) is 16.3. The number of nitrogens with zero attached hydrogens (tertiary/aromatic N) is 3. The van der Waals surface area contributed by atoms with Gasteiger partial charge in [-0.1, -0.05) is 16.8 Å². The second-order valence-electron chi connectivity index (χ2n) is 5.32. The summed E-state index contributed by atoms with van der Waals surface area (Å²) in [5.74, 6) is 0.287. The molecule has 1 fully saturated rings. The highest BCUT2D eigenvalue weighted by Crippen LogP contribution is 2.22. The number of rotatable bonds is 6. The number of aromatic nitrogens is 3. The van der Waals surface area contributed by atoms with Crippen LogP contribution in [0.15, 0.2) is 35.4 Å². The molecule has 1 aromatic carbocycles. The number of ether oxygens (including phenoxy) is 1. The van der Waals surface area contributed by atoms with Gasteiger partial charge >= 0.3 is 0 Å². The highest BCUT2D eigenvalue weighted by Gasteiger charge is 2.20. The van der Waals surface area contributed by atoms with Crippen molar-refractivity contribution in [1.82, 2.24) is 19.7 Å². The first-order valence-electron chi connectivity index (χ1n) is 7.27. The Bertz CT molecular complexity index is 755. The van der Waals surface area contributed by atoms with E-state index in [4.69, 9.17) is 16.3 Å². The summed E-state index contributed by atoms with van der Waals surface area (Å²) in [5, 5.41) is 8.64. The molecular formula is C14H17ClN4O3S. The molecule has 23 heavy (non-hydrogen) atoms. The predicted octanol–water partition coefficient (Wildman–Crippen LogP) is 1.41. The molecule has 1 saturated heterocycles. The van der Waals surface area contributed by atoms with Crippen molar-refractivity contribution < 1.29 is 13.2 Å². The summed E-state index contributed by atoms with van der Waals surface area (Å²) in [5.41, 5.74) is 0.892. The third kappa shape index (κ3) is 4.08. The molecule has 7 nitrogen and oxygen atoms in total. The molecule has 9 heteroatoms. The smallest absolute Gasteiger partial charge is 0.240 e. The number of sulfonamides is 1. The molecule has 0 spiro atoms. The van der Waals surface area contributed by atoms with Crippen molar-refractivity contribution in [2.75, 3.05) is 19.8 Å². The van der Waals surface area contributed by atoms with Crippen LogP contribution < -0.4 is 4.72 Å². The number of hydrogen-bond donors (Lipinski definition) is 1. The summed E-state index contributed by atoms with van der Waals surface area (Å²) in [6, 6.07) is 6.03. The summed E-state index contributed by atoms with van der Waals surface area (Å²) in [4.78, 5) is 0.185. The SMILES string of the molecule is O=S(=O)(NCCn1cc([C@H]2CCOC2)nn1)c1ccc(Cl)cc1. The van der Waals surface area contributed by atoms with Crippen molar-refractivity contribution >= 4 is 21.6 Å². The maximum Gasteiger partial charge on any atom is 0.240 e. The van der Waals surface area contributed by atoms with Gasteiger partial charge in [-0.2, -0.15) is 0 Å². The van der Waals surface area contributed by atoms with Crippen molar-refractivity contribution in [2.24, 2.45) is 0 Å². The third-order valence-corrected chi connectivity index (χ3v) is 5.39. The molecule has 2 aromatic rings. The largest absolute Gasteiger partial charge is 0.381 e. The number of nitrogens with one attached hydrogen (secondary N) is 1. The van der Waals surface area contributed by atoms with Crippen LogP contribution >= 0.6 is 11.6 Å². The van der Waals surface area contributed by atoms with Crippen LogP contribution in [-0.4, -0.2) is 43.2 Å². The van der Waals surface area contributed by atoms with E-state index in [1.165, 1.54) is 12.1 Å². The van der Waals surface area contributed by atoms with Crippen LogP contribution in [0.3, 0.4) is 0 Å². The van der Waals surface area contributed by atoms with E-state index in [9.17, 15) is 8.42 Å². The topological polar surface area (TPSA) is 86.1 Å². The van der Waals surface area contributed by atoms with Crippen LogP contribution in [0.25, 0.3) is 0 Å². The van der Waals surface area contributed by atoms with Crippen LogP contribution in [0, 0.1) is 0 Å². The molecule has 124 valence electrons. The lowest BCUT2D eigenvalue weighted by Gasteiger charge is -2.06. The maximum absolute atomic E-state index is 12.1. The zero-order valence-corrected chi connectivity index (χ0v) is 13.9. The summed E-state index contributed by atoms with van der Waals surface area (Å²) >= 11 is 5.76. The first-order chi connectivity index (χ1) is 11.0. The van der Waals surface area contributed by atoms with Crippen LogP contribution in [0.4, 0.5) is 0 Å². The van der Waals surface area contributed by atoms with Gasteiger partial charge in [0.05, 0.1) is 23.7 Å². The van der Waals surface area contributed by atoms with Gasteiger partial charge in [-0.15, -0.1) is 5.10 Å². The van der Waals surface area contributed by atoms with Crippen molar-refractivity contribution in [1.29, 1.82) is 0 Å². The Morgan fingerprint density at radius 1 is 1.35 bits per heavy atom. The fraction of sp³-hybridized carbons (Fsp3) is 0.429. The normalized spacial score (nSPS) is 18.4. The highest BCUT2D eigenvalue weighted by molar-refractivity contribution is 7.89. The Morgan fingerprint density at radius 3 is 2.83 bits per heavy atom. The number of hydrogen-bond acceptors (Lipinski definition) is 5. The van der Waals surface area contributed by atoms with E-state index in [1.807, 2.05) is 6.20 Å². The summed E-state index contributed by atoms with van der Waals surface area (Å²) < 4.78 is 33.8. The summed E-state index contributed by atoms with van der Waals surface area (Å²) in [6.45, 7) is 2.06. The minimum Gasteiger partial charge on any atom is -0.381 e. The second-order valence-corrected chi connectivity index (χ2v) is 7.52. The Hall–Kier alpha value is -1.48. The lowest BCUT2D eigenvalue weighted by Crippen LogP contribution is -2.27. The minimum absolute atomic E-state index is 0.185. The zero-order valence-electron chi connectivity index (χ0n) is 12.4. The standard InChI is InChI=1S/C14H17ClN4O3S/c15-12-1-3-13(4-2-12)23(20,21)16-6-7-19-9-14(17-18-19)11-5-8-22-10-11/h1-4,9,11,16H,5-8,10H2/t11-/m0/s1. The minimum atomic E-state index is -3.55. The molecule has 1 N–H and O–H groups in total. The summed E-state index contributed by atoms with van der Waals surface area (Å²) in [6.07, 6.45) is 2.79. The van der Waals surface area contributed by atoms with Gasteiger partial charge < -0.3 is 4.74 Å². The molecule has 3 rings (SSSR count). The molecule has 0 aliphatic carbocycles. The molecule has 2 heterocycles. The van der Waals surface area contributed by atoms with E-state index >= 15 is 0 Å². The first-order valence-corrected chi connectivity index (χ1v) is 9.14. The molecule has 0 radical (unpaired) electrons. The van der Waals surface area contributed by atoms with Crippen molar-refractivity contribution in [3.8, 4) is 0 Å². The average molecular weight is 357 g/mol. The van der Waals surface area contributed by atoms with Gasteiger partial charge in [0.25, 0.3) is 0 Å². The lowest BCUT2D eigenvalue weighted by molar-refractivity contribution is 0.193. The molecule has 1 aromatic heterocycles. The van der Waals surface area contributed by atoms with Crippen LogP contribution in [0.1, 0.15) is 18.0 Å².